The lowest BCUT2D eigenvalue weighted by atomic mass is 10.2. The number of carboxylic acid groups (broad SMARTS) is 1. The second kappa shape index (κ2) is 5.03. The third kappa shape index (κ3) is 2.36. The van der Waals surface area contributed by atoms with Gasteiger partial charge in [0.25, 0.3) is 0 Å². The highest BCUT2D eigenvalue weighted by atomic mass is 32.1. The Morgan fingerprint density at radius 2 is 2.35 bits per heavy atom. The first kappa shape index (κ1) is 13.3. The number of fused-ring (bicyclic) bond motifs is 3. The van der Waals surface area contributed by atoms with E-state index in [9.17, 15) is 4.79 Å². The molecular weight excluding hydrogens is 294 g/mol. The average molecular weight is 307 g/mol. The zero-order chi connectivity index (χ0) is 14.3. The molecule has 20 heavy (non-hydrogen) atoms. The van der Waals surface area contributed by atoms with Crippen LogP contribution in [0.3, 0.4) is 0 Å². The molecule has 0 aliphatic rings. The van der Waals surface area contributed by atoms with E-state index in [1.165, 1.54) is 0 Å². The molecule has 1 atom stereocenters. The van der Waals surface area contributed by atoms with E-state index in [2.05, 4.69) is 4.98 Å². The van der Waals surface area contributed by atoms with Gasteiger partial charge in [-0.3, -0.25) is 4.79 Å². The lowest BCUT2D eigenvalue weighted by molar-refractivity contribution is -0.138. The molecule has 6 heteroatoms. The van der Waals surface area contributed by atoms with Crippen LogP contribution in [0.25, 0.3) is 20.3 Å². The molecule has 104 valence electrons. The number of rotatable bonds is 4. The number of aliphatic carboxylic acids is 1. The van der Waals surface area contributed by atoms with Crippen LogP contribution in [0.15, 0.2) is 17.5 Å². The largest absolute Gasteiger partial charge is 0.489 e. The molecule has 1 aromatic carbocycles. The van der Waals surface area contributed by atoms with Crippen LogP contribution in [0.4, 0.5) is 0 Å². The quantitative estimate of drug-likeness (QED) is 0.789. The molecule has 3 aromatic rings. The molecule has 1 N–H and O–H groups in total. The van der Waals surface area contributed by atoms with Gasteiger partial charge in [0.15, 0.2) is 0 Å². The predicted molar refractivity (Wildman–Crippen MR) is 82.1 cm³/mol. The van der Waals surface area contributed by atoms with Crippen LogP contribution < -0.4 is 4.74 Å². The van der Waals surface area contributed by atoms with Gasteiger partial charge in [0.2, 0.25) is 0 Å². The molecule has 0 amide bonds. The van der Waals surface area contributed by atoms with Crippen molar-refractivity contribution >= 4 is 48.9 Å². The number of aromatic nitrogens is 1. The van der Waals surface area contributed by atoms with E-state index in [1.807, 2.05) is 24.4 Å². The zero-order valence-electron chi connectivity index (χ0n) is 11.0. The van der Waals surface area contributed by atoms with Crippen molar-refractivity contribution < 1.29 is 14.6 Å². The standard InChI is InChI=1S/C14H13NO3S2/c1-7(5-12(16)17)18-10-6-11-13(15-8(2)20-11)14-9(10)3-4-19-14/h3-4,6-7H,5H2,1-2H3,(H,16,17). The Labute approximate surface area is 123 Å². The van der Waals surface area contributed by atoms with E-state index in [-0.39, 0.29) is 12.5 Å². The Morgan fingerprint density at radius 3 is 3.10 bits per heavy atom. The van der Waals surface area contributed by atoms with Crippen molar-refractivity contribution in [2.45, 2.75) is 26.4 Å². The maximum Gasteiger partial charge on any atom is 0.307 e. The summed E-state index contributed by atoms with van der Waals surface area (Å²) in [6, 6.07) is 3.96. The molecule has 0 aliphatic carbocycles. The summed E-state index contributed by atoms with van der Waals surface area (Å²) in [6.45, 7) is 3.76. The summed E-state index contributed by atoms with van der Waals surface area (Å²) in [4.78, 5) is 15.3. The van der Waals surface area contributed by atoms with Gasteiger partial charge in [0.05, 0.1) is 26.3 Å². The van der Waals surface area contributed by atoms with Gasteiger partial charge in [-0.1, -0.05) is 0 Å². The second-order valence-electron chi connectivity index (χ2n) is 4.64. The molecule has 0 radical (unpaired) electrons. The van der Waals surface area contributed by atoms with Crippen LogP contribution >= 0.6 is 22.7 Å². The minimum Gasteiger partial charge on any atom is -0.489 e. The van der Waals surface area contributed by atoms with E-state index in [0.717, 1.165) is 31.1 Å². The summed E-state index contributed by atoms with van der Waals surface area (Å²) in [6.07, 6.45) is -0.368. The number of hydrogen-bond donors (Lipinski definition) is 1. The minimum absolute atomic E-state index is 0.00855. The molecule has 0 aliphatic heterocycles. The molecule has 1 unspecified atom stereocenters. The fourth-order valence-corrected chi connectivity index (χ4v) is 4.02. The van der Waals surface area contributed by atoms with Crippen molar-refractivity contribution in [3.05, 3.63) is 22.5 Å². The van der Waals surface area contributed by atoms with E-state index in [4.69, 9.17) is 9.84 Å². The maximum absolute atomic E-state index is 10.7. The first-order valence-corrected chi connectivity index (χ1v) is 7.90. The van der Waals surface area contributed by atoms with Crippen molar-refractivity contribution in [3.8, 4) is 5.75 Å². The van der Waals surface area contributed by atoms with Gasteiger partial charge in [-0.25, -0.2) is 4.98 Å². The molecule has 0 saturated carbocycles. The topological polar surface area (TPSA) is 59.4 Å². The van der Waals surface area contributed by atoms with Gasteiger partial charge < -0.3 is 9.84 Å². The van der Waals surface area contributed by atoms with Crippen LogP contribution in [0.1, 0.15) is 18.4 Å². The molecule has 2 heterocycles. The maximum atomic E-state index is 10.7. The van der Waals surface area contributed by atoms with Gasteiger partial charge >= 0.3 is 5.97 Å². The van der Waals surface area contributed by atoms with Crippen LogP contribution in [0.5, 0.6) is 5.75 Å². The Hall–Kier alpha value is -1.66. The number of carboxylic acids is 1. The number of ether oxygens (including phenoxy) is 1. The Kier molecular flexibility index (Phi) is 3.35. The number of benzene rings is 1. The second-order valence-corrected chi connectivity index (χ2v) is 6.79. The van der Waals surface area contributed by atoms with Crippen molar-refractivity contribution in [3.63, 3.8) is 0 Å². The predicted octanol–water partition coefficient (Wildman–Crippen LogP) is 4.06. The minimum atomic E-state index is -0.853. The van der Waals surface area contributed by atoms with Crippen LogP contribution in [0.2, 0.25) is 0 Å². The molecule has 0 spiro atoms. The monoisotopic (exact) mass is 307 g/mol. The number of aryl methyl sites for hydroxylation is 1. The van der Waals surface area contributed by atoms with Crippen LogP contribution in [-0.2, 0) is 4.79 Å². The van der Waals surface area contributed by atoms with Gasteiger partial charge in [-0.05, 0) is 25.3 Å². The van der Waals surface area contributed by atoms with Gasteiger partial charge in [0.1, 0.15) is 11.9 Å². The molecule has 0 bridgehead atoms. The number of nitrogens with zero attached hydrogens (tertiary/aromatic N) is 1. The molecular formula is C14H13NO3S2. The SMILES string of the molecule is Cc1nc2c(cc(OC(C)CC(=O)O)c3ccsc32)s1. The Morgan fingerprint density at radius 1 is 1.55 bits per heavy atom. The van der Waals surface area contributed by atoms with E-state index in [1.54, 1.807) is 29.6 Å². The molecule has 3 rings (SSSR count). The van der Waals surface area contributed by atoms with Gasteiger partial charge in [0, 0.05) is 11.5 Å². The van der Waals surface area contributed by atoms with Gasteiger partial charge in [-0.2, -0.15) is 0 Å². The first-order valence-electron chi connectivity index (χ1n) is 6.20. The molecule has 0 fully saturated rings. The van der Waals surface area contributed by atoms with E-state index in [0.29, 0.717) is 0 Å². The first-order chi connectivity index (χ1) is 9.54. The normalized spacial score (nSPS) is 12.9. The highest BCUT2D eigenvalue weighted by molar-refractivity contribution is 7.21. The summed E-state index contributed by atoms with van der Waals surface area (Å²) in [5, 5.41) is 12.9. The summed E-state index contributed by atoms with van der Waals surface area (Å²) in [7, 11) is 0. The number of thiazole rings is 1. The van der Waals surface area contributed by atoms with Crippen molar-refractivity contribution in [1.29, 1.82) is 0 Å². The summed E-state index contributed by atoms with van der Waals surface area (Å²) >= 11 is 3.26. The smallest absolute Gasteiger partial charge is 0.307 e. The number of thiophene rings is 1. The Balaban J connectivity index is 2.08. The van der Waals surface area contributed by atoms with Crippen LogP contribution in [0, 0.1) is 6.92 Å². The third-order valence-electron chi connectivity index (χ3n) is 2.96. The van der Waals surface area contributed by atoms with Crippen molar-refractivity contribution in [2.75, 3.05) is 0 Å². The van der Waals surface area contributed by atoms with Crippen molar-refractivity contribution in [2.24, 2.45) is 0 Å². The highest BCUT2D eigenvalue weighted by Gasteiger charge is 2.15. The van der Waals surface area contributed by atoms with E-state index < -0.39 is 5.97 Å². The molecule has 2 aromatic heterocycles. The molecule has 0 saturated heterocycles. The number of carbonyl (C=O) groups is 1. The van der Waals surface area contributed by atoms with Crippen LogP contribution in [-0.4, -0.2) is 22.2 Å². The lowest BCUT2D eigenvalue weighted by Gasteiger charge is -2.13. The summed E-state index contributed by atoms with van der Waals surface area (Å²) < 4.78 is 8.00. The molecule has 4 nitrogen and oxygen atoms in total. The fraction of sp³-hybridized carbons (Fsp3) is 0.286. The van der Waals surface area contributed by atoms with E-state index >= 15 is 0 Å². The average Bonchev–Trinajstić information content (AvgIpc) is 2.92. The third-order valence-corrected chi connectivity index (χ3v) is 4.80. The zero-order valence-corrected chi connectivity index (χ0v) is 12.7. The summed E-state index contributed by atoms with van der Waals surface area (Å²) in [5.74, 6) is -0.111. The van der Waals surface area contributed by atoms with Gasteiger partial charge in [-0.15, -0.1) is 22.7 Å². The van der Waals surface area contributed by atoms with Crippen molar-refractivity contribution in [1.82, 2.24) is 4.98 Å². The fourth-order valence-electron chi connectivity index (χ4n) is 2.19. The number of hydrogen-bond acceptors (Lipinski definition) is 5. The summed E-state index contributed by atoms with van der Waals surface area (Å²) in [5.41, 5.74) is 1.01. The highest BCUT2D eigenvalue weighted by Crippen LogP contribution is 2.39. The Bertz CT molecular complexity index is 790. The lowest BCUT2D eigenvalue weighted by Crippen LogP contribution is -2.16.